The third-order valence-electron chi connectivity index (χ3n) is 4.27. The number of hydrogen-bond acceptors (Lipinski definition) is 2. The molecule has 3 nitrogen and oxygen atoms in total. The summed E-state index contributed by atoms with van der Waals surface area (Å²) in [5.74, 6) is 1.79. The zero-order valence-corrected chi connectivity index (χ0v) is 13.1. The number of unbranched alkanes of at least 4 members (excludes halogenated alkanes) is 2. The molecule has 1 aliphatic rings. The first-order valence-electron chi connectivity index (χ1n) is 7.99. The molecule has 0 aromatic heterocycles. The van der Waals surface area contributed by atoms with E-state index in [0.29, 0.717) is 17.8 Å². The molecule has 1 amide bonds. The standard InChI is InChI=1S/C16H31NO2/c1-5-6-7-10-17-16(18)19-15-11-13(4)8-9-14(15)12(2)3/h12-15H,5-11H2,1-4H3,(H,17,18)/t13-,14+,15-/m0/s1. The summed E-state index contributed by atoms with van der Waals surface area (Å²) in [6.07, 6.45) is 6.73. The van der Waals surface area contributed by atoms with Crippen molar-refractivity contribution in [2.45, 2.75) is 72.3 Å². The number of hydrogen-bond donors (Lipinski definition) is 1. The van der Waals surface area contributed by atoms with Crippen molar-refractivity contribution >= 4 is 6.09 Å². The fraction of sp³-hybridized carbons (Fsp3) is 0.938. The zero-order valence-electron chi connectivity index (χ0n) is 13.1. The van der Waals surface area contributed by atoms with Gasteiger partial charge in [-0.3, -0.25) is 0 Å². The molecule has 0 aromatic carbocycles. The molecule has 3 heteroatoms. The van der Waals surface area contributed by atoms with Crippen molar-refractivity contribution in [3.05, 3.63) is 0 Å². The Labute approximate surface area is 118 Å². The van der Waals surface area contributed by atoms with E-state index >= 15 is 0 Å². The minimum Gasteiger partial charge on any atom is -0.446 e. The fourth-order valence-electron chi connectivity index (χ4n) is 2.99. The highest BCUT2D eigenvalue weighted by atomic mass is 16.6. The molecule has 0 spiro atoms. The molecular weight excluding hydrogens is 238 g/mol. The molecule has 1 saturated carbocycles. The highest BCUT2D eigenvalue weighted by Gasteiger charge is 2.33. The van der Waals surface area contributed by atoms with E-state index < -0.39 is 0 Å². The van der Waals surface area contributed by atoms with Gasteiger partial charge in [0.15, 0.2) is 0 Å². The third kappa shape index (κ3) is 5.84. The van der Waals surface area contributed by atoms with E-state index in [2.05, 4.69) is 33.0 Å². The molecule has 0 aromatic rings. The number of carbonyl (C=O) groups is 1. The quantitative estimate of drug-likeness (QED) is 0.727. The van der Waals surface area contributed by atoms with Crippen LogP contribution in [0.5, 0.6) is 0 Å². The predicted molar refractivity (Wildman–Crippen MR) is 79.1 cm³/mol. The Morgan fingerprint density at radius 1 is 1.32 bits per heavy atom. The van der Waals surface area contributed by atoms with Gasteiger partial charge in [-0.2, -0.15) is 0 Å². The van der Waals surface area contributed by atoms with Crippen molar-refractivity contribution in [3.63, 3.8) is 0 Å². The van der Waals surface area contributed by atoms with Gasteiger partial charge in [-0.15, -0.1) is 0 Å². The molecule has 19 heavy (non-hydrogen) atoms. The lowest BCUT2D eigenvalue weighted by molar-refractivity contribution is 0.00623. The summed E-state index contributed by atoms with van der Waals surface area (Å²) in [4.78, 5) is 11.8. The van der Waals surface area contributed by atoms with Gasteiger partial charge in [-0.1, -0.05) is 47.0 Å². The van der Waals surface area contributed by atoms with E-state index in [-0.39, 0.29) is 12.2 Å². The van der Waals surface area contributed by atoms with Crippen LogP contribution in [0.4, 0.5) is 4.79 Å². The van der Waals surface area contributed by atoms with Crippen LogP contribution in [0.1, 0.15) is 66.2 Å². The van der Waals surface area contributed by atoms with Crippen molar-refractivity contribution in [1.29, 1.82) is 0 Å². The van der Waals surface area contributed by atoms with E-state index in [0.717, 1.165) is 25.8 Å². The van der Waals surface area contributed by atoms with Crippen LogP contribution >= 0.6 is 0 Å². The van der Waals surface area contributed by atoms with Crippen LogP contribution in [-0.2, 0) is 4.74 Å². The summed E-state index contributed by atoms with van der Waals surface area (Å²) in [5.41, 5.74) is 0. The summed E-state index contributed by atoms with van der Waals surface area (Å²) in [5, 5.41) is 2.88. The van der Waals surface area contributed by atoms with E-state index in [1.165, 1.54) is 19.3 Å². The maximum Gasteiger partial charge on any atom is 0.407 e. The molecule has 112 valence electrons. The van der Waals surface area contributed by atoms with Gasteiger partial charge in [-0.25, -0.2) is 4.79 Å². The monoisotopic (exact) mass is 269 g/mol. The van der Waals surface area contributed by atoms with Gasteiger partial charge in [0, 0.05) is 6.54 Å². The lowest BCUT2D eigenvalue weighted by atomic mass is 9.75. The van der Waals surface area contributed by atoms with Gasteiger partial charge >= 0.3 is 6.09 Å². The van der Waals surface area contributed by atoms with E-state index in [1.54, 1.807) is 0 Å². The average Bonchev–Trinajstić information content (AvgIpc) is 2.34. The summed E-state index contributed by atoms with van der Waals surface area (Å²) in [6, 6.07) is 0. The van der Waals surface area contributed by atoms with Gasteiger partial charge in [0.2, 0.25) is 0 Å². The Morgan fingerprint density at radius 2 is 2.05 bits per heavy atom. The number of carbonyl (C=O) groups excluding carboxylic acids is 1. The zero-order chi connectivity index (χ0) is 14.3. The van der Waals surface area contributed by atoms with Crippen LogP contribution in [0, 0.1) is 17.8 Å². The highest BCUT2D eigenvalue weighted by Crippen LogP contribution is 2.35. The Kier molecular flexibility index (Phi) is 7.25. The first-order valence-corrected chi connectivity index (χ1v) is 7.99. The number of alkyl carbamates (subject to hydrolysis) is 1. The normalized spacial score (nSPS) is 27.3. The topological polar surface area (TPSA) is 38.3 Å². The lowest BCUT2D eigenvalue weighted by Gasteiger charge is -2.36. The van der Waals surface area contributed by atoms with Crippen molar-refractivity contribution in [3.8, 4) is 0 Å². The van der Waals surface area contributed by atoms with Gasteiger partial charge in [0.05, 0.1) is 0 Å². The molecule has 0 bridgehead atoms. The van der Waals surface area contributed by atoms with Gasteiger partial charge in [0.25, 0.3) is 0 Å². The molecule has 0 radical (unpaired) electrons. The smallest absolute Gasteiger partial charge is 0.407 e. The maximum absolute atomic E-state index is 11.8. The second-order valence-electron chi connectivity index (χ2n) is 6.40. The van der Waals surface area contributed by atoms with Crippen LogP contribution in [0.2, 0.25) is 0 Å². The number of ether oxygens (including phenoxy) is 1. The Bertz CT molecular complexity index is 265. The molecule has 1 rings (SSSR count). The van der Waals surface area contributed by atoms with E-state index in [1.807, 2.05) is 0 Å². The minimum atomic E-state index is -0.221. The molecule has 1 N–H and O–H groups in total. The molecule has 0 heterocycles. The van der Waals surface area contributed by atoms with Gasteiger partial charge in [0.1, 0.15) is 6.10 Å². The first kappa shape index (κ1) is 16.3. The second kappa shape index (κ2) is 8.44. The Hall–Kier alpha value is -0.730. The fourth-order valence-corrected chi connectivity index (χ4v) is 2.99. The van der Waals surface area contributed by atoms with Crippen molar-refractivity contribution in [2.75, 3.05) is 6.54 Å². The molecule has 1 fully saturated rings. The van der Waals surface area contributed by atoms with Gasteiger partial charge in [-0.05, 0) is 37.0 Å². The van der Waals surface area contributed by atoms with Crippen LogP contribution in [0.25, 0.3) is 0 Å². The van der Waals surface area contributed by atoms with Crippen LogP contribution < -0.4 is 5.32 Å². The second-order valence-corrected chi connectivity index (χ2v) is 6.40. The van der Waals surface area contributed by atoms with Crippen molar-refractivity contribution in [1.82, 2.24) is 5.32 Å². The molecule has 0 aliphatic heterocycles. The third-order valence-corrected chi connectivity index (χ3v) is 4.27. The SMILES string of the molecule is CCCCCNC(=O)O[C@H]1C[C@@H](C)CC[C@@H]1C(C)C. The van der Waals surface area contributed by atoms with E-state index in [9.17, 15) is 4.79 Å². The molecule has 0 unspecified atom stereocenters. The number of rotatable bonds is 6. The minimum absolute atomic E-state index is 0.106. The Morgan fingerprint density at radius 3 is 2.68 bits per heavy atom. The predicted octanol–water partition coefficient (Wildman–Crippen LogP) is 4.36. The van der Waals surface area contributed by atoms with E-state index in [4.69, 9.17) is 4.74 Å². The van der Waals surface area contributed by atoms with Crippen LogP contribution in [0.15, 0.2) is 0 Å². The summed E-state index contributed by atoms with van der Waals surface area (Å²) >= 11 is 0. The van der Waals surface area contributed by atoms with Crippen molar-refractivity contribution < 1.29 is 9.53 Å². The molecular formula is C16H31NO2. The largest absolute Gasteiger partial charge is 0.446 e. The van der Waals surface area contributed by atoms with Gasteiger partial charge < -0.3 is 10.1 Å². The number of amides is 1. The molecule has 3 atom stereocenters. The summed E-state index contributed by atoms with van der Waals surface area (Å²) < 4.78 is 5.67. The Balaban J connectivity index is 2.36. The van der Waals surface area contributed by atoms with Crippen LogP contribution in [-0.4, -0.2) is 18.7 Å². The lowest BCUT2D eigenvalue weighted by Crippen LogP contribution is -2.39. The van der Waals surface area contributed by atoms with Crippen LogP contribution in [0.3, 0.4) is 0 Å². The summed E-state index contributed by atoms with van der Waals surface area (Å²) in [6.45, 7) is 9.62. The highest BCUT2D eigenvalue weighted by molar-refractivity contribution is 5.67. The maximum atomic E-state index is 11.8. The average molecular weight is 269 g/mol. The number of nitrogens with one attached hydrogen (secondary N) is 1. The summed E-state index contributed by atoms with van der Waals surface area (Å²) in [7, 11) is 0. The van der Waals surface area contributed by atoms with Crippen molar-refractivity contribution in [2.24, 2.45) is 17.8 Å². The molecule has 1 aliphatic carbocycles. The first-order chi connectivity index (χ1) is 9.04. The molecule has 0 saturated heterocycles.